The van der Waals surface area contributed by atoms with E-state index in [-0.39, 0.29) is 5.91 Å². The van der Waals surface area contributed by atoms with Crippen molar-refractivity contribution in [3.63, 3.8) is 0 Å². The van der Waals surface area contributed by atoms with Crippen molar-refractivity contribution in [2.45, 2.75) is 25.7 Å². The summed E-state index contributed by atoms with van der Waals surface area (Å²) in [6, 6.07) is 11.8. The van der Waals surface area contributed by atoms with Crippen LogP contribution in [0.3, 0.4) is 0 Å². The Balaban J connectivity index is 1.39. The molecule has 2 aromatic carbocycles. The number of fused-ring (bicyclic) bond motifs is 1. The second kappa shape index (κ2) is 9.81. The van der Waals surface area contributed by atoms with Crippen molar-refractivity contribution in [3.8, 4) is 17.2 Å². The predicted molar refractivity (Wildman–Crippen MR) is 127 cm³/mol. The molecule has 0 atom stereocenters. The second-order valence-electron chi connectivity index (χ2n) is 7.93. The number of likely N-dealkylation sites (tertiary alicyclic amines) is 1. The molecule has 32 heavy (non-hydrogen) atoms. The van der Waals surface area contributed by atoms with Gasteiger partial charge in [0.25, 0.3) is 0 Å². The number of ether oxygens (including phenoxy) is 3. The van der Waals surface area contributed by atoms with Gasteiger partial charge >= 0.3 is 0 Å². The third-order valence-electron chi connectivity index (χ3n) is 6.07. The fourth-order valence-corrected chi connectivity index (χ4v) is 4.34. The molecule has 1 aliphatic rings. The van der Waals surface area contributed by atoms with Crippen molar-refractivity contribution in [3.05, 3.63) is 59.8 Å². The average Bonchev–Trinajstić information content (AvgIpc) is 3.26. The molecule has 1 amide bonds. The summed E-state index contributed by atoms with van der Waals surface area (Å²) in [7, 11) is 3.31. The topological polar surface area (TPSA) is 63.8 Å². The zero-order chi connectivity index (χ0) is 22.5. The van der Waals surface area contributed by atoms with Crippen LogP contribution >= 0.6 is 0 Å². The van der Waals surface area contributed by atoms with Gasteiger partial charge in [-0.3, -0.25) is 4.79 Å². The molecule has 6 heteroatoms. The summed E-state index contributed by atoms with van der Waals surface area (Å²) in [5.41, 5.74) is 3.33. The summed E-state index contributed by atoms with van der Waals surface area (Å²) in [5.74, 6) is 2.70. The van der Waals surface area contributed by atoms with Crippen LogP contribution in [0.25, 0.3) is 17.0 Å². The van der Waals surface area contributed by atoms with E-state index in [0.29, 0.717) is 24.0 Å². The molecule has 2 heterocycles. The van der Waals surface area contributed by atoms with Gasteiger partial charge in [0.1, 0.15) is 5.75 Å². The molecule has 4 rings (SSSR count). The van der Waals surface area contributed by atoms with Crippen molar-refractivity contribution < 1.29 is 19.0 Å². The van der Waals surface area contributed by atoms with Crippen LogP contribution in [0, 0.1) is 0 Å². The summed E-state index contributed by atoms with van der Waals surface area (Å²) >= 11 is 0. The highest BCUT2D eigenvalue weighted by atomic mass is 16.5. The highest BCUT2D eigenvalue weighted by Gasteiger charge is 2.24. The first-order chi connectivity index (χ1) is 15.6. The van der Waals surface area contributed by atoms with Crippen molar-refractivity contribution in [2.75, 3.05) is 33.9 Å². The van der Waals surface area contributed by atoms with E-state index in [1.165, 1.54) is 10.9 Å². The number of nitrogens with zero attached hydrogens (tertiary/aromatic N) is 1. The number of piperidine rings is 1. The third-order valence-corrected chi connectivity index (χ3v) is 6.07. The van der Waals surface area contributed by atoms with Crippen LogP contribution in [0.1, 0.15) is 36.8 Å². The van der Waals surface area contributed by atoms with Gasteiger partial charge in [-0.1, -0.05) is 6.07 Å². The quantitative estimate of drug-likeness (QED) is 0.532. The number of rotatable bonds is 7. The number of carbonyl (C=O) groups excluding carboxylic acids is 1. The van der Waals surface area contributed by atoms with Crippen molar-refractivity contribution in [1.82, 2.24) is 9.88 Å². The summed E-state index contributed by atoms with van der Waals surface area (Å²) in [4.78, 5) is 18.0. The second-order valence-corrected chi connectivity index (χ2v) is 7.93. The Hall–Kier alpha value is -3.41. The Labute approximate surface area is 188 Å². The summed E-state index contributed by atoms with van der Waals surface area (Å²) in [6.07, 6.45) is 7.48. The summed E-state index contributed by atoms with van der Waals surface area (Å²) < 4.78 is 16.3. The van der Waals surface area contributed by atoms with Crippen LogP contribution < -0.4 is 14.2 Å². The van der Waals surface area contributed by atoms with E-state index in [4.69, 9.17) is 14.2 Å². The van der Waals surface area contributed by atoms with Gasteiger partial charge in [-0.15, -0.1) is 0 Å². The Morgan fingerprint density at radius 3 is 2.62 bits per heavy atom. The molecule has 1 aliphatic heterocycles. The lowest BCUT2D eigenvalue weighted by molar-refractivity contribution is -0.126. The maximum atomic E-state index is 12.8. The number of methoxy groups -OCH3 is 2. The number of hydrogen-bond donors (Lipinski definition) is 1. The normalized spacial score (nSPS) is 14.8. The van der Waals surface area contributed by atoms with Gasteiger partial charge in [-0.25, -0.2) is 0 Å². The van der Waals surface area contributed by atoms with E-state index in [1.807, 2.05) is 42.2 Å². The minimum absolute atomic E-state index is 0.0397. The Morgan fingerprint density at radius 1 is 1.09 bits per heavy atom. The first-order valence-electron chi connectivity index (χ1n) is 11.1. The Morgan fingerprint density at radius 2 is 1.91 bits per heavy atom. The lowest BCUT2D eigenvalue weighted by Gasteiger charge is -2.31. The van der Waals surface area contributed by atoms with E-state index in [0.717, 1.165) is 42.8 Å². The zero-order valence-corrected chi connectivity index (χ0v) is 18.9. The molecule has 0 saturated carbocycles. The first kappa shape index (κ1) is 21.8. The minimum atomic E-state index is 0.0397. The fraction of sp³-hybridized carbons (Fsp3) is 0.346. The molecule has 1 aromatic heterocycles. The number of aromatic nitrogens is 1. The number of carbonyl (C=O) groups is 1. The van der Waals surface area contributed by atoms with Crippen LogP contribution in [0.15, 0.2) is 48.7 Å². The lowest BCUT2D eigenvalue weighted by Crippen LogP contribution is -2.36. The minimum Gasteiger partial charge on any atom is -0.497 e. The number of aromatic amines is 1. The SMILES string of the molecule is CCOc1cc(/C=C/C(=O)N2CCC(c3c[nH]c4ccc(OC)cc34)CC2)ccc1OC. The van der Waals surface area contributed by atoms with Gasteiger partial charge < -0.3 is 24.1 Å². The third kappa shape index (κ3) is 4.59. The molecule has 6 nitrogen and oxygen atoms in total. The van der Waals surface area contributed by atoms with Crippen molar-refractivity contribution >= 4 is 22.9 Å². The van der Waals surface area contributed by atoms with Gasteiger partial charge in [0, 0.05) is 36.3 Å². The maximum absolute atomic E-state index is 12.8. The van der Waals surface area contributed by atoms with Gasteiger partial charge in [0.15, 0.2) is 11.5 Å². The molecule has 3 aromatic rings. The van der Waals surface area contributed by atoms with E-state index >= 15 is 0 Å². The number of amides is 1. The fourth-order valence-electron chi connectivity index (χ4n) is 4.34. The highest BCUT2D eigenvalue weighted by Crippen LogP contribution is 2.35. The molecule has 1 fully saturated rings. The maximum Gasteiger partial charge on any atom is 0.246 e. The number of hydrogen-bond acceptors (Lipinski definition) is 4. The molecule has 0 unspecified atom stereocenters. The summed E-state index contributed by atoms with van der Waals surface area (Å²) in [5, 5.41) is 1.21. The van der Waals surface area contributed by atoms with E-state index in [1.54, 1.807) is 20.3 Å². The van der Waals surface area contributed by atoms with Crippen LogP contribution in [-0.4, -0.2) is 49.7 Å². The van der Waals surface area contributed by atoms with Crippen LogP contribution in [-0.2, 0) is 4.79 Å². The van der Waals surface area contributed by atoms with Gasteiger partial charge in [0.2, 0.25) is 5.91 Å². The van der Waals surface area contributed by atoms with Crippen LogP contribution in [0.4, 0.5) is 0 Å². The monoisotopic (exact) mass is 434 g/mol. The number of nitrogens with one attached hydrogen (secondary N) is 1. The molecular weight excluding hydrogens is 404 g/mol. The molecule has 0 radical (unpaired) electrons. The Kier molecular flexibility index (Phi) is 6.69. The molecular formula is C26H30N2O4. The largest absolute Gasteiger partial charge is 0.497 e. The van der Waals surface area contributed by atoms with Crippen molar-refractivity contribution in [2.24, 2.45) is 0 Å². The molecule has 1 saturated heterocycles. The van der Waals surface area contributed by atoms with E-state index in [2.05, 4.69) is 23.3 Å². The van der Waals surface area contributed by atoms with Gasteiger partial charge in [-0.05, 0) is 73.2 Å². The number of H-pyrrole nitrogens is 1. The van der Waals surface area contributed by atoms with Gasteiger partial charge in [-0.2, -0.15) is 0 Å². The smallest absolute Gasteiger partial charge is 0.246 e. The van der Waals surface area contributed by atoms with Gasteiger partial charge in [0.05, 0.1) is 20.8 Å². The van der Waals surface area contributed by atoms with Crippen LogP contribution in [0.5, 0.6) is 17.2 Å². The average molecular weight is 435 g/mol. The lowest BCUT2D eigenvalue weighted by atomic mass is 9.89. The molecule has 0 bridgehead atoms. The molecule has 1 N–H and O–H groups in total. The predicted octanol–water partition coefficient (Wildman–Crippen LogP) is 5.00. The molecule has 168 valence electrons. The Bertz CT molecular complexity index is 1110. The van der Waals surface area contributed by atoms with Crippen molar-refractivity contribution in [1.29, 1.82) is 0 Å². The van der Waals surface area contributed by atoms with E-state index < -0.39 is 0 Å². The highest BCUT2D eigenvalue weighted by molar-refractivity contribution is 5.92. The zero-order valence-electron chi connectivity index (χ0n) is 18.9. The molecule has 0 aliphatic carbocycles. The first-order valence-corrected chi connectivity index (χ1v) is 11.1. The standard InChI is InChI=1S/C26H30N2O4/c1-4-32-25-15-18(5-9-24(25)31-3)6-10-26(29)28-13-11-19(12-14-28)22-17-27-23-8-7-20(30-2)16-21(22)23/h5-10,15-17,19,27H,4,11-14H2,1-3H3/b10-6+. The van der Waals surface area contributed by atoms with E-state index in [9.17, 15) is 4.79 Å². The molecule has 0 spiro atoms. The van der Waals surface area contributed by atoms with Crippen LogP contribution in [0.2, 0.25) is 0 Å². The summed E-state index contributed by atoms with van der Waals surface area (Å²) in [6.45, 7) is 3.98. The number of benzene rings is 2.